The van der Waals surface area contributed by atoms with Crippen molar-refractivity contribution in [2.45, 2.75) is 65.7 Å². The molecule has 0 heterocycles. The number of hydrogen-bond acceptors (Lipinski definition) is 0. The largest absolute Gasteiger partial charge is 0.0651 e. The molecule has 0 spiro atoms. The summed E-state index contributed by atoms with van der Waals surface area (Å²) in [6.07, 6.45) is 10.3. The third kappa shape index (κ3) is 3.70. The fourth-order valence-corrected chi connectivity index (χ4v) is 2.72. The van der Waals surface area contributed by atoms with Gasteiger partial charge in [0.05, 0.1) is 0 Å². The predicted molar refractivity (Wildman–Crippen MR) is 59.8 cm³/mol. The first-order valence-corrected chi connectivity index (χ1v) is 6.26. The van der Waals surface area contributed by atoms with E-state index in [1.54, 1.807) is 0 Å². The van der Waals surface area contributed by atoms with Crippen LogP contribution in [-0.2, 0) is 0 Å². The maximum absolute atomic E-state index is 2.45. The quantitative estimate of drug-likeness (QED) is 0.583. The van der Waals surface area contributed by atoms with Gasteiger partial charge in [-0.15, -0.1) is 0 Å². The SMILES string of the molecule is CCC1CCC(C)CC(CC)CC1. The number of hydrogen-bond donors (Lipinski definition) is 0. The highest BCUT2D eigenvalue weighted by atomic mass is 14.2. The summed E-state index contributed by atoms with van der Waals surface area (Å²) >= 11 is 0. The van der Waals surface area contributed by atoms with E-state index < -0.39 is 0 Å². The molecule has 1 saturated carbocycles. The molecule has 0 saturated heterocycles. The molecular weight excluding hydrogens is 156 g/mol. The Bertz CT molecular complexity index is 128. The highest BCUT2D eigenvalue weighted by Crippen LogP contribution is 2.32. The van der Waals surface area contributed by atoms with Crippen LogP contribution in [0, 0.1) is 17.8 Å². The summed E-state index contributed by atoms with van der Waals surface area (Å²) in [6.45, 7) is 7.17. The molecule has 1 aliphatic carbocycles. The van der Waals surface area contributed by atoms with Gasteiger partial charge in [-0.25, -0.2) is 0 Å². The molecule has 0 N–H and O–H groups in total. The zero-order valence-corrected chi connectivity index (χ0v) is 9.68. The van der Waals surface area contributed by atoms with Gasteiger partial charge >= 0.3 is 0 Å². The maximum Gasteiger partial charge on any atom is -0.0414 e. The minimum atomic E-state index is 0.985. The van der Waals surface area contributed by atoms with E-state index in [9.17, 15) is 0 Å². The monoisotopic (exact) mass is 182 g/mol. The van der Waals surface area contributed by atoms with Crippen molar-refractivity contribution in [2.75, 3.05) is 0 Å². The van der Waals surface area contributed by atoms with E-state index in [2.05, 4.69) is 20.8 Å². The fourth-order valence-electron chi connectivity index (χ4n) is 2.72. The van der Waals surface area contributed by atoms with Crippen molar-refractivity contribution in [3.63, 3.8) is 0 Å². The van der Waals surface area contributed by atoms with E-state index in [0.717, 1.165) is 17.8 Å². The van der Waals surface area contributed by atoms with E-state index in [1.807, 2.05) is 0 Å². The van der Waals surface area contributed by atoms with E-state index >= 15 is 0 Å². The molecule has 13 heavy (non-hydrogen) atoms. The lowest BCUT2D eigenvalue weighted by Crippen LogP contribution is -2.14. The molecule has 0 aliphatic heterocycles. The van der Waals surface area contributed by atoms with E-state index in [0.29, 0.717) is 0 Å². The summed E-state index contributed by atoms with van der Waals surface area (Å²) in [6, 6.07) is 0. The molecule has 0 amide bonds. The Morgan fingerprint density at radius 3 is 2.00 bits per heavy atom. The highest BCUT2D eigenvalue weighted by molar-refractivity contribution is 4.70. The summed E-state index contributed by atoms with van der Waals surface area (Å²) in [5.74, 6) is 3.06. The van der Waals surface area contributed by atoms with Crippen LogP contribution in [0.1, 0.15) is 65.7 Å². The molecule has 0 aromatic heterocycles. The van der Waals surface area contributed by atoms with Gasteiger partial charge in [0.2, 0.25) is 0 Å². The van der Waals surface area contributed by atoms with Crippen LogP contribution in [0.3, 0.4) is 0 Å². The van der Waals surface area contributed by atoms with Crippen LogP contribution in [0.2, 0.25) is 0 Å². The molecule has 3 atom stereocenters. The predicted octanol–water partition coefficient (Wildman–Crippen LogP) is 4.64. The smallest absolute Gasteiger partial charge is 0.0414 e. The minimum Gasteiger partial charge on any atom is -0.0651 e. The Labute approximate surface area is 84.1 Å². The van der Waals surface area contributed by atoms with Gasteiger partial charge in [-0.2, -0.15) is 0 Å². The second-order valence-electron chi connectivity index (χ2n) is 5.04. The number of rotatable bonds is 2. The third-order valence-electron chi connectivity index (χ3n) is 3.94. The van der Waals surface area contributed by atoms with Crippen molar-refractivity contribution < 1.29 is 0 Å². The van der Waals surface area contributed by atoms with Crippen LogP contribution >= 0.6 is 0 Å². The Morgan fingerprint density at radius 2 is 1.38 bits per heavy atom. The van der Waals surface area contributed by atoms with Crippen LogP contribution in [0.5, 0.6) is 0 Å². The molecule has 0 bridgehead atoms. The summed E-state index contributed by atoms with van der Waals surface area (Å²) < 4.78 is 0. The van der Waals surface area contributed by atoms with Gasteiger partial charge in [0.1, 0.15) is 0 Å². The summed E-state index contributed by atoms with van der Waals surface area (Å²) in [5.41, 5.74) is 0. The average Bonchev–Trinajstić information content (AvgIpc) is 2.12. The zero-order chi connectivity index (χ0) is 9.68. The van der Waals surface area contributed by atoms with E-state index in [4.69, 9.17) is 0 Å². The summed E-state index contributed by atoms with van der Waals surface area (Å²) in [7, 11) is 0. The van der Waals surface area contributed by atoms with Crippen molar-refractivity contribution in [1.82, 2.24) is 0 Å². The van der Waals surface area contributed by atoms with Crippen LogP contribution in [0.15, 0.2) is 0 Å². The molecule has 0 radical (unpaired) electrons. The molecule has 0 nitrogen and oxygen atoms in total. The molecule has 0 heteroatoms. The Balaban J connectivity index is 2.40. The molecule has 3 unspecified atom stereocenters. The van der Waals surface area contributed by atoms with Gasteiger partial charge in [0.25, 0.3) is 0 Å². The lowest BCUT2D eigenvalue weighted by molar-refractivity contribution is 0.255. The van der Waals surface area contributed by atoms with Crippen molar-refractivity contribution >= 4 is 0 Å². The van der Waals surface area contributed by atoms with Gasteiger partial charge in [-0.05, 0) is 24.2 Å². The van der Waals surface area contributed by atoms with Gasteiger partial charge in [-0.1, -0.05) is 59.3 Å². The van der Waals surface area contributed by atoms with Gasteiger partial charge in [0, 0.05) is 0 Å². The lowest BCUT2D eigenvalue weighted by Gasteiger charge is -2.27. The molecule has 1 aliphatic rings. The molecule has 0 aromatic carbocycles. The first kappa shape index (κ1) is 11.1. The summed E-state index contributed by atoms with van der Waals surface area (Å²) in [5, 5.41) is 0. The first-order valence-electron chi connectivity index (χ1n) is 6.26. The molecule has 1 fully saturated rings. The zero-order valence-electron chi connectivity index (χ0n) is 9.68. The van der Waals surface area contributed by atoms with Crippen LogP contribution in [0.25, 0.3) is 0 Å². The highest BCUT2D eigenvalue weighted by Gasteiger charge is 2.18. The molecular formula is C13H26. The lowest BCUT2D eigenvalue weighted by atomic mass is 9.79. The standard InChI is InChI=1S/C13H26/c1-4-12-7-6-11(3)10-13(5-2)9-8-12/h11-13H,4-10H2,1-3H3. The molecule has 0 aromatic rings. The Kier molecular flexibility index (Phi) is 4.83. The molecule has 1 rings (SSSR count). The molecule has 78 valence electrons. The van der Waals surface area contributed by atoms with E-state index in [-0.39, 0.29) is 0 Å². The van der Waals surface area contributed by atoms with Crippen molar-refractivity contribution in [3.8, 4) is 0 Å². The van der Waals surface area contributed by atoms with Crippen LogP contribution in [0.4, 0.5) is 0 Å². The second-order valence-corrected chi connectivity index (χ2v) is 5.04. The second kappa shape index (κ2) is 5.67. The van der Waals surface area contributed by atoms with Gasteiger partial charge < -0.3 is 0 Å². The van der Waals surface area contributed by atoms with Crippen molar-refractivity contribution in [3.05, 3.63) is 0 Å². The Morgan fingerprint density at radius 1 is 0.846 bits per heavy atom. The normalized spacial score (nSPS) is 36.7. The van der Waals surface area contributed by atoms with Crippen molar-refractivity contribution in [1.29, 1.82) is 0 Å². The van der Waals surface area contributed by atoms with Crippen LogP contribution in [-0.4, -0.2) is 0 Å². The third-order valence-corrected chi connectivity index (χ3v) is 3.94. The average molecular weight is 182 g/mol. The maximum atomic E-state index is 2.45. The van der Waals surface area contributed by atoms with Gasteiger partial charge in [0.15, 0.2) is 0 Å². The van der Waals surface area contributed by atoms with Gasteiger partial charge in [-0.3, -0.25) is 0 Å². The minimum absolute atomic E-state index is 0.985. The first-order chi connectivity index (χ1) is 6.26. The van der Waals surface area contributed by atoms with Crippen LogP contribution < -0.4 is 0 Å². The fraction of sp³-hybridized carbons (Fsp3) is 1.00. The van der Waals surface area contributed by atoms with Crippen molar-refractivity contribution in [2.24, 2.45) is 17.8 Å². The topological polar surface area (TPSA) is 0 Å². The van der Waals surface area contributed by atoms with E-state index in [1.165, 1.54) is 44.9 Å². The summed E-state index contributed by atoms with van der Waals surface area (Å²) in [4.78, 5) is 0. The Hall–Kier alpha value is 0.